The molecule has 0 amide bonds. The van der Waals surface area contributed by atoms with Gasteiger partial charge in [0.1, 0.15) is 6.61 Å². The van der Waals surface area contributed by atoms with Crippen LogP contribution in [-0.4, -0.2) is 74.9 Å². The Hall–Kier alpha value is -1.05. The van der Waals surface area contributed by atoms with Crippen LogP contribution in [-0.2, 0) is 9.47 Å². The van der Waals surface area contributed by atoms with Gasteiger partial charge in [0.15, 0.2) is 17.6 Å². The molecule has 2 heterocycles. The van der Waals surface area contributed by atoms with Gasteiger partial charge in [0, 0.05) is 19.6 Å². The van der Waals surface area contributed by atoms with Gasteiger partial charge in [0.05, 0.1) is 32.5 Å². The zero-order valence-electron chi connectivity index (χ0n) is 13.1. The van der Waals surface area contributed by atoms with E-state index in [0.717, 1.165) is 37.8 Å². The third-order valence-electron chi connectivity index (χ3n) is 3.75. The van der Waals surface area contributed by atoms with Crippen molar-refractivity contribution in [2.75, 3.05) is 52.7 Å². The number of ether oxygens (including phenoxy) is 4. The molecular formula is C16H24ClNO5. The largest absolute Gasteiger partial charge is 0.486 e. The third kappa shape index (κ3) is 5.51. The Morgan fingerprint density at radius 3 is 2.74 bits per heavy atom. The number of halogens is 1. The summed E-state index contributed by atoms with van der Waals surface area (Å²) in [5, 5.41) is 10.0. The molecule has 23 heavy (non-hydrogen) atoms. The Balaban J connectivity index is 0.00000192. The topological polar surface area (TPSA) is 60.4 Å². The van der Waals surface area contributed by atoms with Crippen molar-refractivity contribution < 1.29 is 24.1 Å². The molecule has 0 radical (unpaired) electrons. The maximum absolute atomic E-state index is 10.0. The van der Waals surface area contributed by atoms with Gasteiger partial charge in [-0.15, -0.1) is 12.4 Å². The number of hydrogen-bond donors (Lipinski definition) is 1. The number of β-amino-alcohol motifs (C(OH)–C–C–N with tert-alkyl or cyclic N) is 1. The molecule has 7 heteroatoms. The van der Waals surface area contributed by atoms with E-state index in [1.54, 1.807) is 0 Å². The number of morpholine rings is 1. The highest BCUT2D eigenvalue weighted by Gasteiger charge is 2.21. The minimum absolute atomic E-state index is 0. The van der Waals surface area contributed by atoms with E-state index in [-0.39, 0.29) is 18.5 Å². The summed E-state index contributed by atoms with van der Waals surface area (Å²) in [6.07, 6.45) is -0.625. The standard InChI is InChI=1S/C16H23NO5.ClH/c18-13(9-17-5-7-19-8-6-17)10-20-11-14-12-21-15-3-1-2-4-16(15)22-14;/h1-4,13-14,18H,5-12H2;1H. The fourth-order valence-electron chi connectivity index (χ4n) is 2.62. The quantitative estimate of drug-likeness (QED) is 0.828. The third-order valence-corrected chi connectivity index (χ3v) is 3.75. The van der Waals surface area contributed by atoms with Crippen LogP contribution in [0.1, 0.15) is 0 Å². The lowest BCUT2D eigenvalue weighted by molar-refractivity contribution is -0.0391. The molecule has 1 saturated heterocycles. The summed E-state index contributed by atoms with van der Waals surface area (Å²) in [5.74, 6) is 1.52. The Morgan fingerprint density at radius 1 is 1.22 bits per heavy atom. The van der Waals surface area contributed by atoms with Crippen molar-refractivity contribution in [1.82, 2.24) is 4.90 Å². The molecular weight excluding hydrogens is 322 g/mol. The molecule has 1 fully saturated rings. The van der Waals surface area contributed by atoms with Crippen LogP contribution in [0.2, 0.25) is 0 Å². The number of benzene rings is 1. The van der Waals surface area contributed by atoms with E-state index < -0.39 is 6.10 Å². The molecule has 2 aliphatic rings. The molecule has 0 aliphatic carbocycles. The second-order valence-electron chi connectivity index (χ2n) is 5.60. The van der Waals surface area contributed by atoms with Crippen LogP contribution in [0.25, 0.3) is 0 Å². The van der Waals surface area contributed by atoms with Crippen molar-refractivity contribution in [1.29, 1.82) is 0 Å². The molecule has 2 atom stereocenters. The first-order valence-corrected chi connectivity index (χ1v) is 7.75. The van der Waals surface area contributed by atoms with E-state index >= 15 is 0 Å². The average Bonchev–Trinajstić information content (AvgIpc) is 2.55. The summed E-state index contributed by atoms with van der Waals surface area (Å²) < 4.78 is 22.3. The lowest BCUT2D eigenvalue weighted by Crippen LogP contribution is -2.42. The molecule has 0 spiro atoms. The molecule has 0 bridgehead atoms. The molecule has 6 nitrogen and oxygen atoms in total. The maximum Gasteiger partial charge on any atom is 0.161 e. The van der Waals surface area contributed by atoms with Crippen molar-refractivity contribution in [3.63, 3.8) is 0 Å². The lowest BCUT2D eigenvalue weighted by atomic mass is 10.2. The van der Waals surface area contributed by atoms with Crippen LogP contribution < -0.4 is 9.47 Å². The SMILES string of the molecule is Cl.OC(COCC1COc2ccccc2O1)CN1CCOCC1. The van der Waals surface area contributed by atoms with Crippen molar-refractivity contribution in [3.8, 4) is 11.5 Å². The molecule has 3 rings (SSSR count). The first-order chi connectivity index (χ1) is 10.8. The minimum Gasteiger partial charge on any atom is -0.486 e. The van der Waals surface area contributed by atoms with E-state index in [2.05, 4.69) is 4.90 Å². The highest BCUT2D eigenvalue weighted by atomic mass is 35.5. The predicted octanol–water partition coefficient (Wildman–Crippen LogP) is 0.958. The Bertz CT molecular complexity index is 470. The van der Waals surface area contributed by atoms with Gasteiger partial charge in [-0.1, -0.05) is 12.1 Å². The number of rotatable bonds is 6. The fraction of sp³-hybridized carbons (Fsp3) is 0.625. The number of fused-ring (bicyclic) bond motifs is 1. The summed E-state index contributed by atoms with van der Waals surface area (Å²) in [4.78, 5) is 2.19. The minimum atomic E-state index is -0.491. The number of hydrogen-bond acceptors (Lipinski definition) is 6. The van der Waals surface area contributed by atoms with Gasteiger partial charge in [-0.3, -0.25) is 4.90 Å². The fourth-order valence-corrected chi connectivity index (χ4v) is 2.62. The van der Waals surface area contributed by atoms with Crippen LogP contribution in [0.4, 0.5) is 0 Å². The van der Waals surface area contributed by atoms with Crippen LogP contribution in [0.3, 0.4) is 0 Å². The summed E-state index contributed by atoms with van der Waals surface area (Å²) in [6.45, 7) is 5.01. The molecule has 0 saturated carbocycles. The van der Waals surface area contributed by atoms with Crippen LogP contribution >= 0.6 is 12.4 Å². The maximum atomic E-state index is 10.0. The van der Waals surface area contributed by atoms with Gasteiger partial charge in [0.2, 0.25) is 0 Å². The molecule has 1 aromatic carbocycles. The highest BCUT2D eigenvalue weighted by Crippen LogP contribution is 2.30. The summed E-state index contributed by atoms with van der Waals surface area (Å²) in [6, 6.07) is 7.60. The van der Waals surface area contributed by atoms with E-state index in [0.29, 0.717) is 26.4 Å². The number of para-hydroxylation sites is 2. The average molecular weight is 346 g/mol. The second kappa shape index (κ2) is 9.30. The molecule has 1 aromatic rings. The molecule has 2 aliphatic heterocycles. The lowest BCUT2D eigenvalue weighted by Gasteiger charge is -2.29. The Labute approximate surface area is 142 Å². The molecule has 1 N–H and O–H groups in total. The molecule has 2 unspecified atom stereocenters. The smallest absolute Gasteiger partial charge is 0.161 e. The highest BCUT2D eigenvalue weighted by molar-refractivity contribution is 5.85. The Kier molecular flexibility index (Phi) is 7.39. The van der Waals surface area contributed by atoms with Crippen molar-refractivity contribution in [2.45, 2.75) is 12.2 Å². The monoisotopic (exact) mass is 345 g/mol. The summed E-state index contributed by atoms with van der Waals surface area (Å²) >= 11 is 0. The zero-order valence-corrected chi connectivity index (χ0v) is 13.9. The van der Waals surface area contributed by atoms with Gasteiger partial charge in [-0.05, 0) is 12.1 Å². The first kappa shape index (κ1) is 18.3. The normalized spacial score (nSPS) is 22.2. The van der Waals surface area contributed by atoms with Crippen molar-refractivity contribution >= 4 is 12.4 Å². The first-order valence-electron chi connectivity index (χ1n) is 7.75. The van der Waals surface area contributed by atoms with E-state index in [1.807, 2.05) is 24.3 Å². The van der Waals surface area contributed by atoms with Gasteiger partial charge in [-0.25, -0.2) is 0 Å². The van der Waals surface area contributed by atoms with E-state index in [9.17, 15) is 5.11 Å². The molecule has 0 aromatic heterocycles. The van der Waals surface area contributed by atoms with Crippen molar-refractivity contribution in [3.05, 3.63) is 24.3 Å². The second-order valence-corrected chi connectivity index (χ2v) is 5.60. The number of aliphatic hydroxyl groups is 1. The Morgan fingerprint density at radius 2 is 1.96 bits per heavy atom. The zero-order chi connectivity index (χ0) is 15.2. The van der Waals surface area contributed by atoms with E-state index in [1.165, 1.54) is 0 Å². The number of nitrogens with zero attached hydrogens (tertiary/aromatic N) is 1. The van der Waals surface area contributed by atoms with Crippen LogP contribution in [0.5, 0.6) is 11.5 Å². The van der Waals surface area contributed by atoms with Gasteiger partial charge in [0.25, 0.3) is 0 Å². The predicted molar refractivity (Wildman–Crippen MR) is 87.7 cm³/mol. The summed E-state index contributed by atoms with van der Waals surface area (Å²) in [7, 11) is 0. The van der Waals surface area contributed by atoms with Gasteiger partial charge >= 0.3 is 0 Å². The molecule has 130 valence electrons. The summed E-state index contributed by atoms with van der Waals surface area (Å²) in [5.41, 5.74) is 0. The van der Waals surface area contributed by atoms with Crippen LogP contribution in [0, 0.1) is 0 Å². The van der Waals surface area contributed by atoms with Crippen LogP contribution in [0.15, 0.2) is 24.3 Å². The van der Waals surface area contributed by atoms with Crippen molar-refractivity contribution in [2.24, 2.45) is 0 Å². The van der Waals surface area contributed by atoms with Gasteiger partial charge < -0.3 is 24.1 Å². The van der Waals surface area contributed by atoms with E-state index in [4.69, 9.17) is 18.9 Å². The number of aliphatic hydroxyl groups excluding tert-OH is 1. The van der Waals surface area contributed by atoms with Gasteiger partial charge in [-0.2, -0.15) is 0 Å².